The zero-order valence-electron chi connectivity index (χ0n) is 10.1. The van der Waals surface area contributed by atoms with Crippen molar-refractivity contribution in [2.75, 3.05) is 11.1 Å². The van der Waals surface area contributed by atoms with Gasteiger partial charge in [0.1, 0.15) is 5.82 Å². The number of rotatable bonds is 3. The van der Waals surface area contributed by atoms with Gasteiger partial charge in [-0.1, -0.05) is 6.07 Å². The maximum Gasteiger partial charge on any atom is 0.278 e. The molecule has 0 bridgehead atoms. The fraction of sp³-hybridized carbons (Fsp3) is 0.231. The molecule has 1 aromatic heterocycles. The molecule has 2 aromatic rings. The molecule has 6 heteroatoms. The lowest BCUT2D eigenvalue weighted by atomic mass is 10.2. The second-order valence-corrected chi connectivity index (χ2v) is 4.64. The van der Waals surface area contributed by atoms with E-state index in [1.807, 2.05) is 0 Å². The van der Waals surface area contributed by atoms with Gasteiger partial charge in [0.15, 0.2) is 5.69 Å². The highest BCUT2D eigenvalue weighted by atomic mass is 19.1. The van der Waals surface area contributed by atoms with Crippen molar-refractivity contribution >= 4 is 17.3 Å². The Hall–Kier alpha value is -2.37. The molecule has 0 saturated heterocycles. The summed E-state index contributed by atoms with van der Waals surface area (Å²) in [6, 6.07) is 5.67. The maximum atomic E-state index is 13.0. The SMILES string of the molecule is Nc1c(C(=O)Nc2cccc(F)c2)n[nH]c1C1CC1. The molecule has 3 rings (SSSR count). The van der Waals surface area contributed by atoms with E-state index in [2.05, 4.69) is 15.5 Å². The third kappa shape index (κ3) is 2.29. The average molecular weight is 260 g/mol. The fourth-order valence-corrected chi connectivity index (χ4v) is 1.98. The van der Waals surface area contributed by atoms with Crippen molar-refractivity contribution in [2.45, 2.75) is 18.8 Å². The lowest BCUT2D eigenvalue weighted by Gasteiger charge is -2.03. The predicted octanol–water partition coefficient (Wildman–Crippen LogP) is 2.26. The van der Waals surface area contributed by atoms with E-state index >= 15 is 0 Å². The van der Waals surface area contributed by atoms with Gasteiger partial charge in [0.25, 0.3) is 5.91 Å². The standard InChI is InChI=1S/C13H13FN4O/c14-8-2-1-3-9(6-8)16-13(19)12-10(15)11(17-18-12)7-4-5-7/h1-3,6-7H,4-5,15H2,(H,16,19)(H,17,18). The Balaban J connectivity index is 1.80. The minimum atomic E-state index is -0.439. The van der Waals surface area contributed by atoms with Crippen molar-refractivity contribution < 1.29 is 9.18 Å². The minimum Gasteiger partial charge on any atom is -0.395 e. The van der Waals surface area contributed by atoms with Crippen LogP contribution in [0.2, 0.25) is 0 Å². The van der Waals surface area contributed by atoms with Crippen molar-refractivity contribution in [1.82, 2.24) is 10.2 Å². The number of carbonyl (C=O) groups is 1. The topological polar surface area (TPSA) is 83.8 Å². The Bertz CT molecular complexity index is 633. The van der Waals surface area contributed by atoms with E-state index in [9.17, 15) is 9.18 Å². The van der Waals surface area contributed by atoms with Crippen LogP contribution >= 0.6 is 0 Å². The monoisotopic (exact) mass is 260 g/mol. The number of hydrogen-bond donors (Lipinski definition) is 3. The van der Waals surface area contributed by atoms with E-state index in [-0.39, 0.29) is 5.69 Å². The number of amides is 1. The quantitative estimate of drug-likeness (QED) is 0.791. The van der Waals surface area contributed by atoms with Gasteiger partial charge in [0, 0.05) is 11.6 Å². The molecule has 1 amide bonds. The van der Waals surface area contributed by atoms with Crippen LogP contribution in [0, 0.1) is 5.82 Å². The van der Waals surface area contributed by atoms with Crippen LogP contribution < -0.4 is 11.1 Å². The first-order chi connectivity index (χ1) is 9.15. The molecular formula is C13H13FN4O. The van der Waals surface area contributed by atoms with E-state index in [4.69, 9.17) is 5.73 Å². The van der Waals surface area contributed by atoms with Crippen molar-refractivity contribution in [2.24, 2.45) is 0 Å². The largest absolute Gasteiger partial charge is 0.395 e. The summed E-state index contributed by atoms with van der Waals surface area (Å²) in [6.45, 7) is 0. The molecule has 1 heterocycles. The number of nitrogens with two attached hydrogens (primary N) is 1. The van der Waals surface area contributed by atoms with Crippen LogP contribution in [-0.2, 0) is 0 Å². The molecule has 0 aliphatic heterocycles. The van der Waals surface area contributed by atoms with Crippen LogP contribution in [0.4, 0.5) is 15.8 Å². The smallest absolute Gasteiger partial charge is 0.278 e. The van der Waals surface area contributed by atoms with Gasteiger partial charge >= 0.3 is 0 Å². The molecule has 19 heavy (non-hydrogen) atoms. The summed E-state index contributed by atoms with van der Waals surface area (Å²) in [6.07, 6.45) is 2.13. The third-order valence-electron chi connectivity index (χ3n) is 3.12. The lowest BCUT2D eigenvalue weighted by molar-refractivity contribution is 0.102. The van der Waals surface area contributed by atoms with E-state index < -0.39 is 11.7 Å². The van der Waals surface area contributed by atoms with Crippen molar-refractivity contribution in [3.05, 3.63) is 41.5 Å². The van der Waals surface area contributed by atoms with E-state index in [0.29, 0.717) is 17.3 Å². The number of anilines is 2. The molecule has 0 unspecified atom stereocenters. The van der Waals surface area contributed by atoms with E-state index in [1.165, 1.54) is 18.2 Å². The number of nitrogens with zero attached hydrogens (tertiary/aromatic N) is 1. The number of nitrogens with one attached hydrogen (secondary N) is 2. The Morgan fingerprint density at radius 3 is 2.95 bits per heavy atom. The van der Waals surface area contributed by atoms with Crippen LogP contribution in [0.3, 0.4) is 0 Å². The van der Waals surface area contributed by atoms with Crippen molar-refractivity contribution in [3.63, 3.8) is 0 Å². The Morgan fingerprint density at radius 1 is 1.47 bits per heavy atom. The first-order valence-corrected chi connectivity index (χ1v) is 6.06. The molecule has 0 atom stereocenters. The number of hydrogen-bond acceptors (Lipinski definition) is 3. The van der Waals surface area contributed by atoms with Crippen molar-refractivity contribution in [1.29, 1.82) is 0 Å². The number of halogens is 1. The van der Waals surface area contributed by atoms with Crippen LogP contribution in [0.15, 0.2) is 24.3 Å². The molecule has 98 valence electrons. The zero-order chi connectivity index (χ0) is 13.4. The van der Waals surface area contributed by atoms with Gasteiger partial charge in [-0.15, -0.1) is 0 Å². The summed E-state index contributed by atoms with van der Waals surface area (Å²) < 4.78 is 13.0. The minimum absolute atomic E-state index is 0.158. The highest BCUT2D eigenvalue weighted by Crippen LogP contribution is 2.42. The first kappa shape index (κ1) is 11.7. The van der Waals surface area contributed by atoms with Crippen LogP contribution in [0.25, 0.3) is 0 Å². The molecule has 1 aromatic carbocycles. The van der Waals surface area contributed by atoms with Gasteiger partial charge in [-0.3, -0.25) is 9.89 Å². The number of nitrogen functional groups attached to an aromatic ring is 1. The van der Waals surface area contributed by atoms with Gasteiger partial charge in [0.2, 0.25) is 0 Å². The second-order valence-electron chi connectivity index (χ2n) is 4.64. The summed E-state index contributed by atoms with van der Waals surface area (Å²) in [4.78, 5) is 12.0. The van der Waals surface area contributed by atoms with Crippen LogP contribution in [0.5, 0.6) is 0 Å². The molecule has 0 spiro atoms. The molecule has 1 fully saturated rings. The number of aromatic amines is 1. The summed E-state index contributed by atoms with van der Waals surface area (Å²) in [5, 5.41) is 9.31. The zero-order valence-corrected chi connectivity index (χ0v) is 10.1. The van der Waals surface area contributed by atoms with Gasteiger partial charge in [-0.05, 0) is 31.0 Å². The van der Waals surface area contributed by atoms with E-state index in [1.54, 1.807) is 6.07 Å². The summed E-state index contributed by atoms with van der Waals surface area (Å²) >= 11 is 0. The fourth-order valence-electron chi connectivity index (χ4n) is 1.98. The lowest BCUT2D eigenvalue weighted by Crippen LogP contribution is -2.14. The molecular weight excluding hydrogens is 247 g/mol. The number of benzene rings is 1. The first-order valence-electron chi connectivity index (χ1n) is 6.06. The maximum absolute atomic E-state index is 13.0. The highest BCUT2D eigenvalue weighted by molar-refractivity contribution is 6.06. The Kier molecular flexibility index (Phi) is 2.70. The molecule has 4 N–H and O–H groups in total. The normalized spacial score (nSPS) is 14.4. The highest BCUT2D eigenvalue weighted by Gasteiger charge is 2.30. The number of H-pyrrole nitrogens is 1. The van der Waals surface area contributed by atoms with Crippen LogP contribution in [0.1, 0.15) is 34.9 Å². The third-order valence-corrected chi connectivity index (χ3v) is 3.12. The van der Waals surface area contributed by atoms with Gasteiger partial charge in [0.05, 0.1) is 11.4 Å². The predicted molar refractivity (Wildman–Crippen MR) is 69.3 cm³/mol. The molecule has 1 aliphatic carbocycles. The summed E-state index contributed by atoms with van der Waals surface area (Å²) in [5.74, 6) is -0.457. The molecule has 1 saturated carbocycles. The summed E-state index contributed by atoms with van der Waals surface area (Å²) in [7, 11) is 0. The Morgan fingerprint density at radius 2 is 2.26 bits per heavy atom. The van der Waals surface area contributed by atoms with Crippen LogP contribution in [-0.4, -0.2) is 16.1 Å². The van der Waals surface area contributed by atoms with Crippen molar-refractivity contribution in [3.8, 4) is 0 Å². The van der Waals surface area contributed by atoms with Gasteiger partial charge < -0.3 is 11.1 Å². The average Bonchev–Trinajstić information content (AvgIpc) is 3.13. The van der Waals surface area contributed by atoms with E-state index in [0.717, 1.165) is 18.5 Å². The second kappa shape index (κ2) is 4.38. The van der Waals surface area contributed by atoms with Gasteiger partial charge in [-0.2, -0.15) is 5.10 Å². The molecule has 0 radical (unpaired) electrons. The summed E-state index contributed by atoms with van der Waals surface area (Å²) in [5.41, 5.74) is 7.64. The number of aromatic nitrogens is 2. The molecule has 5 nitrogen and oxygen atoms in total. The molecule has 1 aliphatic rings. The number of carbonyl (C=O) groups excluding carboxylic acids is 1. The Labute approximate surface area is 109 Å². The van der Waals surface area contributed by atoms with Gasteiger partial charge in [-0.25, -0.2) is 4.39 Å².